The zero-order valence-corrected chi connectivity index (χ0v) is 42.3. The van der Waals surface area contributed by atoms with Crippen LogP contribution in [0.3, 0.4) is 0 Å². The first kappa shape index (κ1) is 44.1. The van der Waals surface area contributed by atoms with Gasteiger partial charge in [0.1, 0.15) is 0 Å². The third-order valence-corrected chi connectivity index (χ3v) is 16.3. The second-order valence-corrected chi connectivity index (χ2v) is 20.6. The number of rotatable bonds is 9. The van der Waals surface area contributed by atoms with Crippen LogP contribution in [0.15, 0.2) is 237 Å². The van der Waals surface area contributed by atoms with Crippen molar-refractivity contribution in [2.45, 2.75) is 38.5 Å². The van der Waals surface area contributed by atoms with E-state index in [9.17, 15) is 0 Å². The molecule has 9 aromatic carbocycles. The first-order valence-corrected chi connectivity index (χ1v) is 27.0. The van der Waals surface area contributed by atoms with Crippen LogP contribution < -0.4 is 4.90 Å². The minimum Gasteiger partial charge on any atom is -0.310 e. The standard InChI is InChI=1S/C72H54N4/c1-4-16-49(17-5-1)52-28-43-64-61-22-10-13-25-67(61)74(70(64)46-52)58-37-31-55(32-38-58)73(56-33-39-59(40-34-56)75-68-26-14-11-23-62(68)65-44-29-53(47-71(65)75)50-18-6-2-7-19-50)57-35-41-60(42-36-57)76-69-27-15-12-24-63(69)66-45-30-54(48-72(66)76)51-20-8-3-9-21-51/h1-9,13-21,25-48H,10-12,22-24H2. The third kappa shape index (κ3) is 7.35. The van der Waals surface area contributed by atoms with Crippen LogP contribution >= 0.6 is 0 Å². The Morgan fingerprint density at radius 1 is 0.276 bits per heavy atom. The fraction of sp³-hybridized carbons (Fsp3) is 0.0833. The molecule has 4 heteroatoms. The van der Waals surface area contributed by atoms with E-state index in [1.54, 1.807) is 0 Å². The molecule has 76 heavy (non-hydrogen) atoms. The lowest BCUT2D eigenvalue weighted by atomic mass is 9.99. The molecule has 0 radical (unpaired) electrons. The molecule has 0 atom stereocenters. The average molecular weight is 975 g/mol. The van der Waals surface area contributed by atoms with Gasteiger partial charge in [-0.2, -0.15) is 0 Å². The zero-order valence-electron chi connectivity index (χ0n) is 42.3. The molecule has 4 nitrogen and oxygen atoms in total. The van der Waals surface area contributed by atoms with Gasteiger partial charge in [-0.3, -0.25) is 0 Å². The van der Waals surface area contributed by atoms with Crippen molar-refractivity contribution < 1.29 is 0 Å². The van der Waals surface area contributed by atoms with Crippen molar-refractivity contribution in [3.63, 3.8) is 0 Å². The number of aromatic nitrogens is 3. The first-order chi connectivity index (χ1) is 37.7. The summed E-state index contributed by atoms with van der Waals surface area (Å²) in [6.45, 7) is 0. The molecular formula is C72H54N4. The zero-order chi connectivity index (χ0) is 50.1. The van der Waals surface area contributed by atoms with Gasteiger partial charge in [-0.1, -0.05) is 146 Å². The van der Waals surface area contributed by atoms with Gasteiger partial charge in [0.2, 0.25) is 0 Å². The fourth-order valence-electron chi connectivity index (χ4n) is 12.7. The molecule has 3 aliphatic rings. The predicted octanol–water partition coefficient (Wildman–Crippen LogP) is 18.9. The van der Waals surface area contributed by atoms with Gasteiger partial charge in [0.25, 0.3) is 0 Å². The van der Waals surface area contributed by atoms with Gasteiger partial charge < -0.3 is 18.6 Å². The Balaban J connectivity index is 0.863. The molecular weight excluding hydrogens is 921 g/mol. The third-order valence-electron chi connectivity index (χ3n) is 16.3. The largest absolute Gasteiger partial charge is 0.310 e. The molecule has 3 heterocycles. The summed E-state index contributed by atoms with van der Waals surface area (Å²) < 4.78 is 7.43. The molecule has 0 unspecified atom stereocenters. The normalized spacial score (nSPS) is 13.6. The summed E-state index contributed by atoms with van der Waals surface area (Å²) in [5.74, 6) is 0. The minimum absolute atomic E-state index is 1.04. The van der Waals surface area contributed by atoms with Crippen LogP contribution in [0.5, 0.6) is 0 Å². The van der Waals surface area contributed by atoms with Gasteiger partial charge >= 0.3 is 0 Å². The van der Waals surface area contributed by atoms with Crippen molar-refractivity contribution in [2.75, 3.05) is 4.90 Å². The number of benzene rings is 9. The first-order valence-electron chi connectivity index (χ1n) is 27.0. The lowest BCUT2D eigenvalue weighted by Crippen LogP contribution is -2.11. The number of hydrogen-bond donors (Lipinski definition) is 0. The van der Waals surface area contributed by atoms with Crippen molar-refractivity contribution in [1.82, 2.24) is 13.7 Å². The minimum atomic E-state index is 1.04. The number of anilines is 3. The Labute approximate surface area is 443 Å². The summed E-state index contributed by atoms with van der Waals surface area (Å²) in [7, 11) is 0. The predicted molar refractivity (Wildman–Crippen MR) is 320 cm³/mol. The molecule has 12 aromatic rings. The molecule has 3 aliphatic carbocycles. The lowest BCUT2D eigenvalue weighted by molar-refractivity contribution is 0.967. The smallest absolute Gasteiger partial charge is 0.0543 e. The number of hydrogen-bond acceptors (Lipinski definition) is 1. The summed E-state index contributed by atoms with van der Waals surface area (Å²) in [5, 5.41) is 3.99. The maximum Gasteiger partial charge on any atom is 0.0543 e. The maximum absolute atomic E-state index is 2.48. The second-order valence-electron chi connectivity index (χ2n) is 20.6. The Bertz CT molecular complexity index is 3830. The van der Waals surface area contributed by atoms with Gasteiger partial charge in [-0.25, -0.2) is 0 Å². The van der Waals surface area contributed by atoms with Crippen LogP contribution in [0.25, 0.3) is 101 Å². The summed E-state index contributed by atoms with van der Waals surface area (Å²) in [6, 6.07) is 81.0. The number of aryl methyl sites for hydroxylation is 3. The highest BCUT2D eigenvalue weighted by Gasteiger charge is 2.24. The number of allylic oxidation sites excluding steroid dienone is 3. The molecule has 15 rings (SSSR count). The van der Waals surface area contributed by atoms with Crippen molar-refractivity contribution in [3.8, 4) is 50.4 Å². The SMILES string of the molecule is C1=Cc2c(c3ccc(-c4ccccc4)cc3n2-c2ccc(N(c3ccc(-n4c5c(c6ccc(-c7ccccc7)cc64)CCC=C5)cc3)c3ccc(-n4c5c(c6ccc(-c7ccccc7)cc64)CCC=C5)cc3)cc2)CC1. The van der Waals surface area contributed by atoms with Crippen molar-refractivity contribution in [2.24, 2.45) is 0 Å². The molecule has 0 bridgehead atoms. The highest BCUT2D eigenvalue weighted by Crippen LogP contribution is 2.43. The van der Waals surface area contributed by atoms with Crippen LogP contribution in [-0.2, 0) is 19.3 Å². The highest BCUT2D eigenvalue weighted by atomic mass is 15.1. The molecule has 362 valence electrons. The van der Waals surface area contributed by atoms with E-state index in [2.05, 4.69) is 273 Å². The second kappa shape index (κ2) is 18.2. The van der Waals surface area contributed by atoms with E-state index in [-0.39, 0.29) is 0 Å². The summed E-state index contributed by atoms with van der Waals surface area (Å²) in [6.07, 6.45) is 20.3. The summed E-state index contributed by atoms with van der Waals surface area (Å²) in [4.78, 5) is 2.42. The summed E-state index contributed by atoms with van der Waals surface area (Å²) >= 11 is 0. The van der Waals surface area contributed by atoms with E-state index in [4.69, 9.17) is 0 Å². The monoisotopic (exact) mass is 974 g/mol. The Morgan fingerprint density at radius 2 is 0.566 bits per heavy atom. The average Bonchev–Trinajstić information content (AvgIpc) is 4.20. The van der Waals surface area contributed by atoms with E-state index in [0.717, 1.165) is 72.6 Å². The highest BCUT2D eigenvalue weighted by molar-refractivity contribution is 5.97. The number of nitrogens with zero attached hydrogens (tertiary/aromatic N) is 4. The van der Waals surface area contributed by atoms with E-state index in [0.29, 0.717) is 0 Å². The van der Waals surface area contributed by atoms with Crippen LogP contribution in [0, 0.1) is 0 Å². The van der Waals surface area contributed by atoms with Gasteiger partial charge in [-0.15, -0.1) is 0 Å². The van der Waals surface area contributed by atoms with Crippen LogP contribution in [0.1, 0.15) is 53.0 Å². The molecule has 3 aromatic heterocycles. The Kier molecular flexibility index (Phi) is 10.6. The van der Waals surface area contributed by atoms with Gasteiger partial charge in [0.15, 0.2) is 0 Å². The molecule has 0 saturated carbocycles. The van der Waals surface area contributed by atoms with Crippen LogP contribution in [0.4, 0.5) is 17.1 Å². The fourth-order valence-corrected chi connectivity index (χ4v) is 12.7. The molecule has 0 fully saturated rings. The molecule has 0 aliphatic heterocycles. The van der Waals surface area contributed by atoms with Crippen molar-refractivity contribution in [3.05, 3.63) is 270 Å². The van der Waals surface area contributed by atoms with Gasteiger partial charge in [0.05, 0.1) is 16.6 Å². The van der Waals surface area contributed by atoms with E-state index in [1.807, 2.05) is 0 Å². The summed E-state index contributed by atoms with van der Waals surface area (Å²) in [5.41, 5.74) is 25.9. The van der Waals surface area contributed by atoms with E-state index in [1.165, 1.54) is 99.9 Å². The maximum atomic E-state index is 2.48. The quantitative estimate of drug-likeness (QED) is 0.141. The molecule has 0 saturated heterocycles. The van der Waals surface area contributed by atoms with Gasteiger partial charge in [-0.05, 0) is 198 Å². The Hall–Kier alpha value is -9.38. The van der Waals surface area contributed by atoms with Crippen LogP contribution in [0.2, 0.25) is 0 Å². The molecule has 0 N–H and O–H groups in total. The van der Waals surface area contributed by atoms with E-state index < -0.39 is 0 Å². The van der Waals surface area contributed by atoms with Crippen molar-refractivity contribution in [1.29, 1.82) is 0 Å². The Morgan fingerprint density at radius 3 is 0.855 bits per heavy atom. The van der Waals surface area contributed by atoms with Gasteiger partial charge in [0, 0.05) is 67.4 Å². The number of fused-ring (bicyclic) bond motifs is 9. The molecule has 0 spiro atoms. The molecule has 0 amide bonds. The van der Waals surface area contributed by atoms with E-state index >= 15 is 0 Å². The van der Waals surface area contributed by atoms with Crippen molar-refractivity contribution >= 4 is 68.0 Å². The van der Waals surface area contributed by atoms with Crippen LogP contribution in [-0.4, -0.2) is 13.7 Å². The topological polar surface area (TPSA) is 18.0 Å². The lowest BCUT2D eigenvalue weighted by Gasteiger charge is -2.27.